The monoisotopic (exact) mass is 691 g/mol. The molecule has 1 saturated carbocycles. The fourth-order valence-electron chi connectivity index (χ4n) is 8.81. The van der Waals surface area contributed by atoms with Gasteiger partial charge in [0.05, 0.1) is 24.0 Å². The van der Waals surface area contributed by atoms with Crippen molar-refractivity contribution in [2.75, 3.05) is 58.7 Å². The van der Waals surface area contributed by atoms with E-state index in [4.69, 9.17) is 23.9 Å². The van der Waals surface area contributed by atoms with Crippen molar-refractivity contribution in [3.05, 3.63) is 47.7 Å². The van der Waals surface area contributed by atoms with E-state index in [1.807, 2.05) is 11.8 Å². The van der Waals surface area contributed by atoms with Crippen LogP contribution in [0, 0.1) is 29.4 Å². The van der Waals surface area contributed by atoms with Gasteiger partial charge < -0.3 is 23.8 Å². The molecular formula is C37H40F3N5O5. The van der Waals surface area contributed by atoms with E-state index < -0.39 is 23.3 Å². The number of hydrogen-bond acceptors (Lipinski definition) is 10. The van der Waals surface area contributed by atoms with Crippen molar-refractivity contribution in [3.63, 3.8) is 0 Å². The van der Waals surface area contributed by atoms with E-state index in [1.165, 1.54) is 20.3 Å². The fraction of sp³-hybridized carbons (Fsp3) is 0.514. The maximum Gasteiger partial charge on any atom is 0.319 e. The van der Waals surface area contributed by atoms with E-state index >= 15 is 8.78 Å². The number of methoxy groups -OCH3 is 2. The lowest BCUT2D eigenvalue weighted by atomic mass is 9.94. The summed E-state index contributed by atoms with van der Waals surface area (Å²) in [4.78, 5) is 30.7. The van der Waals surface area contributed by atoms with Crippen molar-refractivity contribution >= 4 is 33.5 Å². The van der Waals surface area contributed by atoms with E-state index in [0.29, 0.717) is 71.3 Å². The molecule has 264 valence electrons. The highest BCUT2D eigenvalue weighted by Gasteiger charge is 2.57. The average molecular weight is 692 g/mol. The van der Waals surface area contributed by atoms with Crippen LogP contribution in [0.3, 0.4) is 0 Å². The molecule has 10 nitrogen and oxygen atoms in total. The quantitative estimate of drug-likeness (QED) is 0.148. The molecule has 3 aliphatic heterocycles. The van der Waals surface area contributed by atoms with Crippen LogP contribution >= 0.6 is 0 Å². The standard InChI is InChI=1S/C37H40F3N5O5/c1-4-23-28(39)7-6-20-12-22(50-19-47-2)13-25(29(20)23)32-31(40)33-26(15-41-32)34(44-11-8-24-27(17-44)30(24)35(46)48-3)43-36(42-33)49-18-37-9-5-10-45(37)16-21(38)14-37/h6-7,12-13,15,21,24,27,30H,4-5,8-11,14,16-19H2,1-3H3/t21-,24+,27-,30+,37+/m1/s1. The number of anilines is 1. The summed E-state index contributed by atoms with van der Waals surface area (Å²) >= 11 is 0. The zero-order valence-corrected chi connectivity index (χ0v) is 28.4. The minimum absolute atomic E-state index is 0.00109. The van der Waals surface area contributed by atoms with Crippen molar-refractivity contribution in [2.24, 2.45) is 17.8 Å². The van der Waals surface area contributed by atoms with Crippen LogP contribution < -0.4 is 14.4 Å². The molecular weight excluding hydrogens is 651 g/mol. The van der Waals surface area contributed by atoms with Crippen LogP contribution in [0.5, 0.6) is 11.8 Å². The van der Waals surface area contributed by atoms with Gasteiger partial charge in [-0.1, -0.05) is 13.0 Å². The molecule has 50 heavy (non-hydrogen) atoms. The molecule has 0 bridgehead atoms. The maximum atomic E-state index is 17.1. The molecule has 0 radical (unpaired) electrons. The second-order valence-electron chi connectivity index (χ2n) is 14.0. The molecule has 0 unspecified atom stereocenters. The summed E-state index contributed by atoms with van der Waals surface area (Å²) in [6, 6.07) is 6.42. The number of carbonyl (C=O) groups is 1. The number of benzene rings is 2. The number of hydrogen-bond donors (Lipinski definition) is 0. The van der Waals surface area contributed by atoms with Crippen LogP contribution in [0.15, 0.2) is 30.5 Å². The summed E-state index contributed by atoms with van der Waals surface area (Å²) < 4.78 is 69.1. The van der Waals surface area contributed by atoms with Gasteiger partial charge in [0.2, 0.25) is 0 Å². The molecule has 4 aromatic rings. The molecule has 2 aromatic heterocycles. The van der Waals surface area contributed by atoms with Crippen LogP contribution in [0.1, 0.15) is 38.2 Å². The summed E-state index contributed by atoms with van der Waals surface area (Å²) in [6.07, 6.45) is 3.85. The van der Waals surface area contributed by atoms with Crippen molar-refractivity contribution in [2.45, 2.75) is 50.7 Å². The summed E-state index contributed by atoms with van der Waals surface area (Å²) in [7, 11) is 2.90. The molecule has 8 rings (SSSR count). The van der Waals surface area contributed by atoms with E-state index in [0.717, 1.165) is 25.8 Å². The van der Waals surface area contributed by atoms with Crippen molar-refractivity contribution in [3.8, 4) is 23.0 Å². The highest BCUT2D eigenvalue weighted by molar-refractivity contribution is 6.02. The van der Waals surface area contributed by atoms with Crippen molar-refractivity contribution < 1.29 is 36.9 Å². The van der Waals surface area contributed by atoms with Gasteiger partial charge in [0.1, 0.15) is 41.4 Å². The number of pyridine rings is 1. The Labute approximate surface area is 287 Å². The zero-order valence-electron chi connectivity index (χ0n) is 28.4. The normalized spacial score (nSPS) is 25.9. The Morgan fingerprint density at radius 3 is 2.74 bits per heavy atom. The lowest BCUT2D eigenvalue weighted by Crippen LogP contribution is -2.43. The Morgan fingerprint density at radius 2 is 1.94 bits per heavy atom. The first kappa shape index (κ1) is 32.9. The van der Waals surface area contributed by atoms with Gasteiger partial charge in [0.25, 0.3) is 0 Å². The summed E-state index contributed by atoms with van der Waals surface area (Å²) in [5.41, 5.74) is 0.304. The molecule has 4 fully saturated rings. The van der Waals surface area contributed by atoms with Gasteiger partial charge in [-0.3, -0.25) is 14.7 Å². The van der Waals surface area contributed by atoms with Crippen molar-refractivity contribution in [1.29, 1.82) is 0 Å². The fourth-order valence-corrected chi connectivity index (χ4v) is 8.81. The molecule has 0 amide bonds. The number of rotatable bonds is 10. The average Bonchev–Trinajstić information content (AvgIpc) is 3.59. The first-order valence-electron chi connectivity index (χ1n) is 17.3. The smallest absolute Gasteiger partial charge is 0.319 e. The van der Waals surface area contributed by atoms with E-state index in [-0.39, 0.29) is 54.3 Å². The predicted octanol–water partition coefficient (Wildman–Crippen LogP) is 5.87. The third-order valence-corrected chi connectivity index (χ3v) is 11.2. The lowest BCUT2D eigenvalue weighted by molar-refractivity contribution is -0.142. The van der Waals surface area contributed by atoms with E-state index in [9.17, 15) is 9.18 Å². The number of aryl methyl sites for hydroxylation is 1. The maximum absolute atomic E-state index is 17.1. The highest BCUT2D eigenvalue weighted by Crippen LogP contribution is 2.53. The van der Waals surface area contributed by atoms with Crippen LogP contribution in [0.2, 0.25) is 0 Å². The molecule has 3 saturated heterocycles. The Bertz CT molecular complexity index is 1980. The number of esters is 1. The van der Waals surface area contributed by atoms with Gasteiger partial charge in [-0.15, -0.1) is 0 Å². The second kappa shape index (κ2) is 12.8. The molecule has 1 aliphatic carbocycles. The number of piperidine rings is 1. The summed E-state index contributed by atoms with van der Waals surface area (Å²) in [5, 5.41) is 1.58. The minimum Gasteiger partial charge on any atom is -0.469 e. The third-order valence-electron chi connectivity index (χ3n) is 11.2. The Morgan fingerprint density at radius 1 is 1.08 bits per heavy atom. The summed E-state index contributed by atoms with van der Waals surface area (Å²) in [6.45, 7) is 4.28. The number of fused-ring (bicyclic) bond motifs is 4. The molecule has 13 heteroatoms. The van der Waals surface area contributed by atoms with Crippen LogP contribution in [0.25, 0.3) is 32.9 Å². The number of carbonyl (C=O) groups excluding carboxylic acids is 1. The minimum atomic E-state index is -0.933. The number of nitrogens with zero attached hydrogens (tertiary/aromatic N) is 5. The van der Waals surface area contributed by atoms with Gasteiger partial charge in [0.15, 0.2) is 12.6 Å². The Hall–Kier alpha value is -4.23. The molecule has 5 atom stereocenters. The van der Waals surface area contributed by atoms with Gasteiger partial charge in [0, 0.05) is 44.9 Å². The summed E-state index contributed by atoms with van der Waals surface area (Å²) in [5.74, 6) is -0.310. The molecule has 4 aliphatic rings. The second-order valence-corrected chi connectivity index (χ2v) is 14.0. The Balaban J connectivity index is 1.25. The van der Waals surface area contributed by atoms with Gasteiger partial charge in [-0.2, -0.15) is 9.97 Å². The molecule has 0 spiro atoms. The van der Waals surface area contributed by atoms with Crippen LogP contribution in [0.4, 0.5) is 19.0 Å². The largest absolute Gasteiger partial charge is 0.469 e. The first-order valence-corrected chi connectivity index (χ1v) is 17.3. The van der Waals surface area contributed by atoms with Crippen LogP contribution in [-0.2, 0) is 20.7 Å². The SMILES string of the molecule is CCc1c(F)ccc2cc(OCOC)cc(-c3ncc4c(N5CC[C@H]6[C@@H](C5)[C@H]6C(=O)OC)nc(OC[C@@]56CCCN5C[C@H](F)C6)nc4c3F)c12. The Kier molecular flexibility index (Phi) is 8.45. The third kappa shape index (κ3) is 5.49. The van der Waals surface area contributed by atoms with Crippen LogP contribution in [-0.4, -0.2) is 91.3 Å². The topological polar surface area (TPSA) is 99.1 Å². The molecule has 0 N–H and O–H groups in total. The van der Waals surface area contributed by atoms with Gasteiger partial charge in [-0.05, 0) is 78.6 Å². The number of aromatic nitrogens is 3. The number of alkyl halides is 1. The first-order chi connectivity index (χ1) is 24.2. The zero-order chi connectivity index (χ0) is 34.7. The molecule has 2 aromatic carbocycles. The highest BCUT2D eigenvalue weighted by atomic mass is 19.1. The number of ether oxygens (including phenoxy) is 4. The predicted molar refractivity (Wildman–Crippen MR) is 180 cm³/mol. The van der Waals surface area contributed by atoms with Gasteiger partial charge >= 0.3 is 12.0 Å². The van der Waals surface area contributed by atoms with E-state index in [1.54, 1.807) is 24.4 Å². The van der Waals surface area contributed by atoms with Crippen molar-refractivity contribution in [1.82, 2.24) is 19.9 Å². The van der Waals surface area contributed by atoms with Gasteiger partial charge in [-0.25, -0.2) is 13.2 Å². The number of halogens is 3. The molecule has 5 heterocycles. The lowest BCUT2D eigenvalue weighted by Gasteiger charge is -2.31. The van der Waals surface area contributed by atoms with E-state index in [2.05, 4.69) is 14.9 Å².